The van der Waals surface area contributed by atoms with E-state index in [0.717, 1.165) is 0 Å². The van der Waals surface area contributed by atoms with Crippen LogP contribution in [0.4, 0.5) is 0 Å². The van der Waals surface area contributed by atoms with Crippen molar-refractivity contribution >= 4 is 0 Å². The lowest BCUT2D eigenvalue weighted by atomic mass is 10.0. The van der Waals surface area contributed by atoms with E-state index in [1.165, 1.54) is 186 Å². The van der Waals surface area contributed by atoms with Crippen LogP contribution in [0.1, 0.15) is 200 Å². The fraction of sp³-hybridized carbons (Fsp3) is 0.939. The normalized spacial score (nSPS) is 11.7. The minimum absolute atomic E-state index is 1.31. The molecular formula is C33H66. The summed E-state index contributed by atoms with van der Waals surface area (Å²) in [5, 5.41) is 0. The van der Waals surface area contributed by atoms with Crippen molar-refractivity contribution in [2.24, 2.45) is 0 Å². The number of allylic oxidation sites excluding steroid dienone is 2. The van der Waals surface area contributed by atoms with Gasteiger partial charge >= 0.3 is 0 Å². The minimum Gasteiger partial charge on any atom is -0.0885 e. The van der Waals surface area contributed by atoms with Crippen molar-refractivity contribution in [3.63, 3.8) is 0 Å². The van der Waals surface area contributed by atoms with Crippen molar-refractivity contribution in [2.45, 2.75) is 200 Å². The van der Waals surface area contributed by atoms with Gasteiger partial charge < -0.3 is 0 Å². The molecule has 0 aliphatic carbocycles. The zero-order valence-corrected chi connectivity index (χ0v) is 23.7. The average Bonchev–Trinajstić information content (AvgIpc) is 2.83. The second-order valence-electron chi connectivity index (χ2n) is 10.9. The highest BCUT2D eigenvalue weighted by atomic mass is 14.0. The first-order valence-corrected chi connectivity index (χ1v) is 16.1. The second-order valence-corrected chi connectivity index (χ2v) is 10.9. The van der Waals surface area contributed by atoms with Crippen molar-refractivity contribution in [2.75, 3.05) is 0 Å². The summed E-state index contributed by atoms with van der Waals surface area (Å²) < 4.78 is 0. The summed E-state index contributed by atoms with van der Waals surface area (Å²) in [7, 11) is 0. The molecular weight excluding hydrogens is 396 g/mol. The third kappa shape index (κ3) is 31.7. The van der Waals surface area contributed by atoms with Crippen molar-refractivity contribution in [3.05, 3.63) is 12.2 Å². The third-order valence-corrected chi connectivity index (χ3v) is 7.37. The van der Waals surface area contributed by atoms with E-state index in [-0.39, 0.29) is 0 Å². The summed E-state index contributed by atoms with van der Waals surface area (Å²) in [4.78, 5) is 0. The summed E-state index contributed by atoms with van der Waals surface area (Å²) in [6.07, 6.45) is 46.9. The van der Waals surface area contributed by atoms with E-state index in [0.29, 0.717) is 0 Å². The van der Waals surface area contributed by atoms with Crippen LogP contribution in [-0.4, -0.2) is 0 Å². The average molecular weight is 463 g/mol. The van der Waals surface area contributed by atoms with E-state index in [1.54, 1.807) is 0 Å². The van der Waals surface area contributed by atoms with E-state index in [2.05, 4.69) is 26.0 Å². The molecule has 0 heterocycles. The van der Waals surface area contributed by atoms with E-state index < -0.39 is 0 Å². The number of hydrogen-bond donors (Lipinski definition) is 0. The summed E-state index contributed by atoms with van der Waals surface area (Å²) in [6, 6.07) is 0. The lowest BCUT2D eigenvalue weighted by Gasteiger charge is -2.04. The maximum absolute atomic E-state index is 2.45. The Morgan fingerprint density at radius 3 is 0.636 bits per heavy atom. The van der Waals surface area contributed by atoms with Gasteiger partial charge in [-0.3, -0.25) is 0 Å². The monoisotopic (exact) mass is 463 g/mol. The Morgan fingerprint density at radius 1 is 0.242 bits per heavy atom. The molecule has 0 aromatic heterocycles. The maximum Gasteiger partial charge on any atom is -0.0351 e. The van der Waals surface area contributed by atoms with Crippen LogP contribution < -0.4 is 0 Å². The molecule has 0 atom stereocenters. The molecule has 0 bridgehead atoms. The van der Waals surface area contributed by atoms with E-state index in [9.17, 15) is 0 Å². The molecule has 0 rings (SSSR count). The molecule has 0 saturated heterocycles. The maximum atomic E-state index is 2.45. The van der Waals surface area contributed by atoms with Gasteiger partial charge in [0.2, 0.25) is 0 Å². The van der Waals surface area contributed by atoms with Gasteiger partial charge in [0.1, 0.15) is 0 Å². The first kappa shape index (κ1) is 32.7. The standard InChI is InChI=1S/C33H66/c1-3-5-7-9-11-13-15-17-19-21-23-25-27-29-31-33-32-30-28-26-24-22-20-18-16-14-12-10-8-6-4-2/h17,19H,3-16,18,20-33H2,1-2H3/b19-17-. The van der Waals surface area contributed by atoms with Gasteiger partial charge in [-0.2, -0.15) is 0 Å². The van der Waals surface area contributed by atoms with Crippen LogP contribution in [0, 0.1) is 0 Å². The fourth-order valence-electron chi connectivity index (χ4n) is 4.97. The Labute approximate surface area is 212 Å². The van der Waals surface area contributed by atoms with Gasteiger partial charge in [-0.05, 0) is 25.7 Å². The van der Waals surface area contributed by atoms with Gasteiger partial charge in [0, 0.05) is 0 Å². The van der Waals surface area contributed by atoms with Gasteiger partial charge in [-0.1, -0.05) is 187 Å². The second kappa shape index (κ2) is 31.7. The Bertz CT molecular complexity index is 342. The zero-order valence-electron chi connectivity index (χ0n) is 23.7. The fourth-order valence-corrected chi connectivity index (χ4v) is 4.97. The zero-order chi connectivity index (χ0) is 23.9. The number of unbranched alkanes of at least 4 members (excludes halogenated alkanes) is 27. The molecule has 0 heteroatoms. The highest BCUT2D eigenvalue weighted by Crippen LogP contribution is 2.15. The molecule has 33 heavy (non-hydrogen) atoms. The molecule has 0 unspecified atom stereocenters. The smallest absolute Gasteiger partial charge is 0.0351 e. The molecule has 0 fully saturated rings. The highest BCUT2D eigenvalue weighted by Gasteiger charge is 1.95. The molecule has 0 saturated carbocycles. The summed E-state index contributed by atoms with van der Waals surface area (Å²) in [6.45, 7) is 4.60. The first-order chi connectivity index (χ1) is 16.4. The van der Waals surface area contributed by atoms with Gasteiger partial charge in [-0.25, -0.2) is 0 Å². The summed E-state index contributed by atoms with van der Waals surface area (Å²) >= 11 is 0. The molecule has 0 amide bonds. The van der Waals surface area contributed by atoms with Crippen LogP contribution in [0.3, 0.4) is 0 Å². The molecule has 0 nitrogen and oxygen atoms in total. The Balaban J connectivity index is 3.04. The van der Waals surface area contributed by atoms with Gasteiger partial charge in [0.05, 0.1) is 0 Å². The molecule has 0 aromatic carbocycles. The summed E-state index contributed by atoms with van der Waals surface area (Å²) in [5.74, 6) is 0. The number of hydrogen-bond acceptors (Lipinski definition) is 0. The topological polar surface area (TPSA) is 0 Å². The van der Waals surface area contributed by atoms with Gasteiger partial charge in [0.25, 0.3) is 0 Å². The molecule has 0 aromatic rings. The molecule has 0 radical (unpaired) electrons. The minimum atomic E-state index is 1.31. The predicted molar refractivity (Wildman–Crippen MR) is 154 cm³/mol. The number of rotatable bonds is 29. The van der Waals surface area contributed by atoms with Gasteiger partial charge in [0.15, 0.2) is 0 Å². The quantitative estimate of drug-likeness (QED) is 0.0765. The predicted octanol–water partition coefficient (Wildman–Crippen LogP) is 12.9. The van der Waals surface area contributed by atoms with Crippen LogP contribution in [0.25, 0.3) is 0 Å². The Hall–Kier alpha value is -0.260. The Morgan fingerprint density at radius 2 is 0.424 bits per heavy atom. The van der Waals surface area contributed by atoms with Crippen molar-refractivity contribution in [1.82, 2.24) is 0 Å². The third-order valence-electron chi connectivity index (χ3n) is 7.37. The van der Waals surface area contributed by atoms with Gasteiger partial charge in [-0.15, -0.1) is 0 Å². The molecule has 0 spiro atoms. The van der Waals surface area contributed by atoms with Crippen LogP contribution >= 0.6 is 0 Å². The Kier molecular flexibility index (Phi) is 31.5. The lowest BCUT2D eigenvalue weighted by molar-refractivity contribution is 0.520. The van der Waals surface area contributed by atoms with E-state index in [1.807, 2.05) is 0 Å². The summed E-state index contributed by atoms with van der Waals surface area (Å²) in [5.41, 5.74) is 0. The van der Waals surface area contributed by atoms with E-state index in [4.69, 9.17) is 0 Å². The highest BCUT2D eigenvalue weighted by molar-refractivity contribution is 4.81. The lowest BCUT2D eigenvalue weighted by Crippen LogP contribution is -1.84. The van der Waals surface area contributed by atoms with Crippen molar-refractivity contribution in [3.8, 4) is 0 Å². The molecule has 198 valence electrons. The molecule has 0 aliphatic rings. The van der Waals surface area contributed by atoms with Crippen molar-refractivity contribution < 1.29 is 0 Å². The van der Waals surface area contributed by atoms with Crippen LogP contribution in [-0.2, 0) is 0 Å². The molecule has 0 N–H and O–H groups in total. The SMILES string of the molecule is CCCCCCCC/C=C\CCCCCCCCCCCCCCCCCCCCCCC. The largest absolute Gasteiger partial charge is 0.0885 e. The molecule has 0 aliphatic heterocycles. The first-order valence-electron chi connectivity index (χ1n) is 16.1. The van der Waals surface area contributed by atoms with Crippen molar-refractivity contribution in [1.29, 1.82) is 0 Å². The van der Waals surface area contributed by atoms with Crippen LogP contribution in [0.5, 0.6) is 0 Å². The van der Waals surface area contributed by atoms with Crippen LogP contribution in [0.2, 0.25) is 0 Å². The van der Waals surface area contributed by atoms with Crippen LogP contribution in [0.15, 0.2) is 12.2 Å². The van der Waals surface area contributed by atoms with E-state index >= 15 is 0 Å².